The second kappa shape index (κ2) is 11.7. The van der Waals surface area contributed by atoms with Crippen molar-refractivity contribution in [1.29, 1.82) is 0 Å². The van der Waals surface area contributed by atoms with E-state index in [1.54, 1.807) is 13.0 Å². The number of anilines is 1. The third kappa shape index (κ3) is 8.21. The number of aryl methyl sites for hydroxylation is 1. The van der Waals surface area contributed by atoms with E-state index in [1.807, 2.05) is 0 Å². The van der Waals surface area contributed by atoms with E-state index >= 15 is 0 Å². The number of carboxylic acid groups (broad SMARTS) is 4. The van der Waals surface area contributed by atoms with Gasteiger partial charge in [-0.05, 0) is 24.6 Å². The predicted octanol–water partition coefficient (Wildman–Crippen LogP) is -0.914. The van der Waals surface area contributed by atoms with Crippen LogP contribution in [0.2, 0.25) is 0 Å². The zero-order valence-corrected chi connectivity index (χ0v) is 18.6. The minimum Gasteiger partial charge on any atom is -0.480 e. The first-order valence-electron chi connectivity index (χ1n) is 10.1. The highest BCUT2D eigenvalue weighted by atomic mass is 16.4. The summed E-state index contributed by atoms with van der Waals surface area (Å²) in [6.07, 6.45) is 0. The number of aromatic nitrogens is 1. The van der Waals surface area contributed by atoms with Crippen molar-refractivity contribution in [3.8, 4) is 0 Å². The van der Waals surface area contributed by atoms with Gasteiger partial charge in [-0.15, -0.1) is 0 Å². The molecule has 1 unspecified atom stereocenters. The average Bonchev–Trinajstić information content (AvgIpc) is 2.69. The molecule has 0 aliphatic rings. The Kier molecular flexibility index (Phi) is 9.02. The fraction of sp³-hybridized carbons (Fsp3) is 0.333. The summed E-state index contributed by atoms with van der Waals surface area (Å²) in [6, 6.07) is 4.43. The van der Waals surface area contributed by atoms with Gasteiger partial charge >= 0.3 is 23.9 Å². The van der Waals surface area contributed by atoms with Crippen LogP contribution in [-0.2, 0) is 24.0 Å². The van der Waals surface area contributed by atoms with Crippen LogP contribution in [0, 0.1) is 6.92 Å². The fourth-order valence-electron chi connectivity index (χ4n) is 3.54. The fourth-order valence-corrected chi connectivity index (χ4v) is 3.54. The number of aromatic amines is 1. The van der Waals surface area contributed by atoms with Gasteiger partial charge < -0.3 is 30.7 Å². The molecule has 1 amide bonds. The zero-order valence-electron chi connectivity index (χ0n) is 18.6. The van der Waals surface area contributed by atoms with Crippen LogP contribution in [0.5, 0.6) is 0 Å². The Hall–Kier alpha value is -4.30. The molecular formula is C21H24N4O10. The minimum atomic E-state index is -1.55. The van der Waals surface area contributed by atoms with Crippen LogP contribution in [0.1, 0.15) is 5.56 Å². The van der Waals surface area contributed by atoms with E-state index in [2.05, 4.69) is 10.3 Å². The molecule has 0 aliphatic carbocycles. The van der Waals surface area contributed by atoms with Gasteiger partial charge in [0, 0.05) is 23.7 Å². The standard InChI is InChI=1S/C21H24N4O10/c1-11-4-16(26)23-14-5-12(2-3-13(11)14)22-21(35)15(25(9-19(31)32)10-20(33)34)6-24(7-17(27)28)8-18(29)30/h2-5,15H,6-10H2,1H3,(H,22,35)(H,23,26)(H,27,28)(H,29,30)(H,31,32)(H,33,34). The topological polar surface area (TPSA) is 218 Å². The first-order chi connectivity index (χ1) is 16.3. The number of carbonyl (C=O) groups excluding carboxylic acids is 1. The van der Waals surface area contributed by atoms with Crippen molar-refractivity contribution < 1.29 is 44.4 Å². The van der Waals surface area contributed by atoms with Crippen LogP contribution in [0.4, 0.5) is 5.69 Å². The molecule has 0 spiro atoms. The van der Waals surface area contributed by atoms with Gasteiger partial charge in [0.2, 0.25) is 11.5 Å². The minimum absolute atomic E-state index is 0.183. The number of nitrogens with zero attached hydrogens (tertiary/aromatic N) is 2. The first-order valence-corrected chi connectivity index (χ1v) is 10.1. The molecule has 0 aliphatic heterocycles. The van der Waals surface area contributed by atoms with Gasteiger partial charge in [-0.1, -0.05) is 6.07 Å². The molecule has 2 aromatic rings. The third-order valence-electron chi connectivity index (χ3n) is 4.89. The van der Waals surface area contributed by atoms with Crippen LogP contribution in [0.15, 0.2) is 29.1 Å². The van der Waals surface area contributed by atoms with Crippen LogP contribution in [0.25, 0.3) is 10.9 Å². The molecule has 2 rings (SSSR count). The van der Waals surface area contributed by atoms with E-state index in [-0.39, 0.29) is 11.2 Å². The first kappa shape index (κ1) is 26.9. The summed E-state index contributed by atoms with van der Waals surface area (Å²) >= 11 is 0. The van der Waals surface area contributed by atoms with E-state index in [1.165, 1.54) is 18.2 Å². The van der Waals surface area contributed by atoms with Gasteiger partial charge in [-0.25, -0.2) is 0 Å². The zero-order chi connectivity index (χ0) is 26.3. The van der Waals surface area contributed by atoms with Gasteiger partial charge in [0.25, 0.3) is 0 Å². The maximum absolute atomic E-state index is 13.2. The lowest BCUT2D eigenvalue weighted by atomic mass is 10.1. The SMILES string of the molecule is Cc1cc(=O)[nH]c2cc(NC(=O)C(CN(CC(=O)O)CC(=O)O)N(CC(=O)O)CC(=O)O)ccc12. The molecule has 1 aromatic carbocycles. The molecule has 35 heavy (non-hydrogen) atoms. The smallest absolute Gasteiger partial charge is 0.317 e. The molecule has 0 bridgehead atoms. The van der Waals surface area contributed by atoms with E-state index < -0.39 is 68.6 Å². The Morgan fingerprint density at radius 1 is 0.886 bits per heavy atom. The number of hydrogen-bond acceptors (Lipinski definition) is 8. The van der Waals surface area contributed by atoms with Crippen molar-refractivity contribution >= 4 is 46.4 Å². The van der Waals surface area contributed by atoms with E-state index in [0.717, 1.165) is 9.80 Å². The highest BCUT2D eigenvalue weighted by Crippen LogP contribution is 2.20. The summed E-state index contributed by atoms with van der Waals surface area (Å²) in [7, 11) is 0. The monoisotopic (exact) mass is 492 g/mol. The van der Waals surface area contributed by atoms with Gasteiger partial charge in [-0.3, -0.25) is 38.6 Å². The lowest BCUT2D eigenvalue weighted by molar-refractivity contribution is -0.148. The number of rotatable bonds is 13. The van der Waals surface area contributed by atoms with Crippen LogP contribution in [-0.4, -0.2) is 104 Å². The molecule has 1 aromatic heterocycles. The largest absolute Gasteiger partial charge is 0.480 e. The van der Waals surface area contributed by atoms with Crippen molar-refractivity contribution in [2.24, 2.45) is 0 Å². The molecule has 0 fully saturated rings. The Morgan fingerprint density at radius 3 is 1.94 bits per heavy atom. The summed E-state index contributed by atoms with van der Waals surface area (Å²) in [6.45, 7) is -2.22. The normalized spacial score (nSPS) is 12.0. The Labute approximate surface area is 197 Å². The van der Waals surface area contributed by atoms with Gasteiger partial charge in [0.15, 0.2) is 0 Å². The van der Waals surface area contributed by atoms with Gasteiger partial charge in [0.1, 0.15) is 6.04 Å². The molecule has 0 saturated heterocycles. The Balaban J connectivity index is 2.43. The van der Waals surface area contributed by atoms with Crippen LogP contribution < -0.4 is 10.9 Å². The average molecular weight is 492 g/mol. The van der Waals surface area contributed by atoms with Gasteiger partial charge in [-0.2, -0.15) is 0 Å². The lowest BCUT2D eigenvalue weighted by Gasteiger charge is -2.31. The number of carbonyl (C=O) groups is 5. The Morgan fingerprint density at radius 2 is 1.43 bits per heavy atom. The van der Waals surface area contributed by atoms with Crippen LogP contribution >= 0.6 is 0 Å². The molecule has 188 valence electrons. The number of pyridine rings is 1. The molecule has 1 heterocycles. The number of aliphatic carboxylic acids is 4. The lowest BCUT2D eigenvalue weighted by Crippen LogP contribution is -2.55. The number of hydrogen-bond donors (Lipinski definition) is 6. The molecule has 6 N–H and O–H groups in total. The molecule has 0 radical (unpaired) electrons. The summed E-state index contributed by atoms with van der Waals surface area (Å²) in [5.74, 6) is -6.61. The highest BCUT2D eigenvalue weighted by molar-refractivity contribution is 5.97. The highest BCUT2D eigenvalue weighted by Gasteiger charge is 2.32. The number of nitrogens with one attached hydrogen (secondary N) is 2. The summed E-state index contributed by atoms with van der Waals surface area (Å²) < 4.78 is 0. The molecule has 14 heteroatoms. The number of benzene rings is 1. The number of carboxylic acids is 4. The van der Waals surface area contributed by atoms with Crippen molar-refractivity contribution in [2.75, 3.05) is 38.0 Å². The van der Waals surface area contributed by atoms with Crippen molar-refractivity contribution in [3.63, 3.8) is 0 Å². The predicted molar refractivity (Wildman–Crippen MR) is 120 cm³/mol. The second-order valence-corrected chi connectivity index (χ2v) is 7.73. The summed E-state index contributed by atoms with van der Waals surface area (Å²) in [5.41, 5.74) is 0.896. The third-order valence-corrected chi connectivity index (χ3v) is 4.89. The maximum Gasteiger partial charge on any atom is 0.317 e. The van der Waals surface area contributed by atoms with Crippen molar-refractivity contribution in [1.82, 2.24) is 14.8 Å². The Bertz CT molecular complexity index is 1180. The quantitative estimate of drug-likeness (QED) is 0.200. The van der Waals surface area contributed by atoms with Crippen molar-refractivity contribution in [2.45, 2.75) is 13.0 Å². The maximum atomic E-state index is 13.2. The number of fused-ring (bicyclic) bond motifs is 1. The van der Waals surface area contributed by atoms with Gasteiger partial charge in [0.05, 0.1) is 31.7 Å². The van der Waals surface area contributed by atoms with E-state index in [0.29, 0.717) is 16.5 Å². The number of H-pyrrole nitrogens is 1. The molecule has 1 atom stereocenters. The summed E-state index contributed by atoms with van der Waals surface area (Å²) in [5, 5.41) is 39.8. The summed E-state index contributed by atoms with van der Waals surface area (Å²) in [4.78, 5) is 74.2. The van der Waals surface area contributed by atoms with E-state index in [4.69, 9.17) is 10.2 Å². The van der Waals surface area contributed by atoms with Crippen molar-refractivity contribution in [3.05, 3.63) is 40.2 Å². The van der Waals surface area contributed by atoms with Crippen LogP contribution in [0.3, 0.4) is 0 Å². The molecular weight excluding hydrogens is 468 g/mol. The molecule has 14 nitrogen and oxygen atoms in total. The molecule has 0 saturated carbocycles. The van der Waals surface area contributed by atoms with E-state index in [9.17, 15) is 39.0 Å². The second-order valence-electron chi connectivity index (χ2n) is 7.73. The number of amides is 1.